The van der Waals surface area contributed by atoms with Crippen LogP contribution in [0.3, 0.4) is 0 Å². The van der Waals surface area contributed by atoms with Crippen molar-refractivity contribution in [1.82, 2.24) is 0 Å². The Morgan fingerprint density at radius 1 is 0.571 bits per heavy atom. The Balaban J connectivity index is 1.74. The highest BCUT2D eigenvalue weighted by atomic mass is 14.5. The fourth-order valence-corrected chi connectivity index (χ4v) is 6.08. The molecule has 0 aromatic heterocycles. The molecule has 0 aromatic rings. The Morgan fingerprint density at radius 2 is 1.14 bits per heavy atom. The zero-order chi connectivity index (χ0) is 14.8. The smallest absolute Gasteiger partial charge is 0.0292 e. The lowest BCUT2D eigenvalue weighted by Gasteiger charge is -2.34. The van der Waals surface area contributed by atoms with Gasteiger partial charge in [-0.15, -0.1) is 0 Å². The molecule has 3 fully saturated rings. The van der Waals surface area contributed by atoms with Gasteiger partial charge in [0.05, 0.1) is 0 Å². The minimum atomic E-state index is 0.613. The zero-order valence-corrected chi connectivity index (χ0v) is 14.8. The Morgan fingerprint density at radius 3 is 1.95 bits per heavy atom. The van der Waals surface area contributed by atoms with Crippen LogP contribution in [0.15, 0.2) is 0 Å². The largest absolute Gasteiger partial charge is 0.0599 e. The van der Waals surface area contributed by atoms with E-state index in [-0.39, 0.29) is 0 Å². The topological polar surface area (TPSA) is 0 Å². The highest BCUT2D eigenvalue weighted by Gasteiger charge is 2.44. The Kier molecular flexibility index (Phi) is 5.01. The second-order valence-electron chi connectivity index (χ2n) is 9.64. The lowest BCUT2D eigenvalue weighted by Crippen LogP contribution is -2.21. The molecule has 0 radical (unpaired) electrons. The van der Waals surface area contributed by atoms with E-state index >= 15 is 0 Å². The first-order valence-electron chi connectivity index (χ1n) is 10.1. The molecule has 0 nitrogen and oxygen atoms in total. The third kappa shape index (κ3) is 4.05. The number of fused-ring (bicyclic) bond motifs is 3. The van der Waals surface area contributed by atoms with Gasteiger partial charge in [0.25, 0.3) is 0 Å². The quantitative estimate of drug-likeness (QED) is 0.445. The lowest BCUT2D eigenvalue weighted by atomic mass is 9.72. The molecule has 3 atom stereocenters. The normalized spacial score (nSPS) is 41.4. The van der Waals surface area contributed by atoms with Crippen molar-refractivity contribution in [2.75, 3.05) is 0 Å². The van der Waals surface area contributed by atoms with Crippen LogP contribution in [-0.4, -0.2) is 0 Å². The van der Waals surface area contributed by atoms with Gasteiger partial charge in [-0.3, -0.25) is 0 Å². The van der Waals surface area contributed by atoms with E-state index in [9.17, 15) is 0 Å². The number of hydrogen-bond acceptors (Lipinski definition) is 0. The molecule has 3 saturated carbocycles. The van der Waals surface area contributed by atoms with Crippen LogP contribution >= 0.6 is 0 Å². The van der Waals surface area contributed by atoms with Gasteiger partial charge in [-0.05, 0) is 61.2 Å². The highest BCUT2D eigenvalue weighted by Crippen LogP contribution is 2.56. The highest BCUT2D eigenvalue weighted by molar-refractivity contribution is 4.95. The van der Waals surface area contributed by atoms with Gasteiger partial charge in [0, 0.05) is 0 Å². The number of hydrogen-bond donors (Lipinski definition) is 0. The van der Waals surface area contributed by atoms with Crippen molar-refractivity contribution < 1.29 is 0 Å². The molecule has 1 spiro atoms. The van der Waals surface area contributed by atoms with E-state index in [0.717, 1.165) is 17.3 Å². The molecule has 3 aliphatic carbocycles. The second kappa shape index (κ2) is 6.63. The van der Waals surface area contributed by atoms with E-state index in [1.807, 2.05) is 0 Å². The Hall–Kier alpha value is 0. The summed E-state index contributed by atoms with van der Waals surface area (Å²) < 4.78 is 0. The van der Waals surface area contributed by atoms with E-state index in [4.69, 9.17) is 0 Å². The van der Waals surface area contributed by atoms with Crippen molar-refractivity contribution in [1.29, 1.82) is 0 Å². The monoisotopic (exact) mass is 290 g/mol. The van der Waals surface area contributed by atoms with Crippen molar-refractivity contribution in [3.05, 3.63) is 0 Å². The van der Waals surface area contributed by atoms with Gasteiger partial charge in [-0.25, -0.2) is 0 Å². The molecule has 21 heavy (non-hydrogen) atoms. The Labute approximate surface area is 133 Å². The predicted molar refractivity (Wildman–Crippen MR) is 92.4 cm³/mol. The summed E-state index contributed by atoms with van der Waals surface area (Å²) in [7, 11) is 0. The van der Waals surface area contributed by atoms with E-state index < -0.39 is 0 Å². The van der Waals surface area contributed by atoms with Crippen LogP contribution in [0.5, 0.6) is 0 Å². The molecular weight excluding hydrogens is 252 g/mol. The molecule has 3 rings (SSSR count). The first-order valence-corrected chi connectivity index (χ1v) is 10.1. The predicted octanol–water partition coefficient (Wildman–Crippen LogP) is 7.12. The minimum absolute atomic E-state index is 0.613. The second-order valence-corrected chi connectivity index (χ2v) is 9.64. The van der Waals surface area contributed by atoms with Crippen molar-refractivity contribution in [2.24, 2.45) is 22.7 Å². The molecule has 0 aromatic carbocycles. The van der Waals surface area contributed by atoms with Crippen LogP contribution in [0.2, 0.25) is 0 Å². The summed E-state index contributed by atoms with van der Waals surface area (Å²) in [5.41, 5.74) is 1.39. The van der Waals surface area contributed by atoms with E-state index in [0.29, 0.717) is 5.41 Å². The van der Waals surface area contributed by atoms with E-state index in [1.54, 1.807) is 38.5 Å². The molecule has 0 aliphatic heterocycles. The van der Waals surface area contributed by atoms with Crippen LogP contribution in [-0.2, 0) is 0 Å². The fourth-order valence-electron chi connectivity index (χ4n) is 6.08. The molecule has 3 bridgehead atoms. The maximum absolute atomic E-state index is 2.52. The summed E-state index contributed by atoms with van der Waals surface area (Å²) in [5.74, 6) is 2.20. The lowest BCUT2D eigenvalue weighted by molar-refractivity contribution is 0.183. The fraction of sp³-hybridized carbons (Fsp3) is 1.00. The molecular formula is C21H38. The molecule has 0 heterocycles. The third-order valence-electron chi connectivity index (χ3n) is 7.33. The molecule has 0 amide bonds. The summed E-state index contributed by atoms with van der Waals surface area (Å²) in [6, 6.07) is 0. The standard InChI is InChI=1S/C21H38/c1-20(2)12-8-11-19-17-21(15-9-13-20)14-7-5-3-4-6-10-18(19)16-21/h18-19H,3-17H2,1-2H3. The van der Waals surface area contributed by atoms with Crippen molar-refractivity contribution in [3.63, 3.8) is 0 Å². The van der Waals surface area contributed by atoms with Crippen LogP contribution in [0.1, 0.15) is 110 Å². The number of rotatable bonds is 0. The van der Waals surface area contributed by atoms with Gasteiger partial charge in [0.15, 0.2) is 0 Å². The van der Waals surface area contributed by atoms with Crippen LogP contribution in [0.4, 0.5) is 0 Å². The molecule has 0 N–H and O–H groups in total. The Bertz CT molecular complexity index is 325. The van der Waals surface area contributed by atoms with Crippen molar-refractivity contribution in [3.8, 4) is 0 Å². The molecule has 0 heteroatoms. The SMILES string of the molecule is CC1(C)CCCC2CC3(CCCCCCCC2C3)CCC1. The maximum atomic E-state index is 2.52. The van der Waals surface area contributed by atoms with Gasteiger partial charge in [-0.1, -0.05) is 71.6 Å². The van der Waals surface area contributed by atoms with Gasteiger partial charge < -0.3 is 0 Å². The summed E-state index contributed by atoms with van der Waals surface area (Å²) in [6.45, 7) is 5.05. The average Bonchev–Trinajstić information content (AvgIpc) is 2.74. The third-order valence-corrected chi connectivity index (χ3v) is 7.33. The van der Waals surface area contributed by atoms with Gasteiger partial charge in [-0.2, -0.15) is 0 Å². The van der Waals surface area contributed by atoms with Gasteiger partial charge >= 0.3 is 0 Å². The molecule has 3 aliphatic rings. The van der Waals surface area contributed by atoms with Crippen molar-refractivity contribution in [2.45, 2.75) is 110 Å². The van der Waals surface area contributed by atoms with Crippen LogP contribution in [0, 0.1) is 22.7 Å². The van der Waals surface area contributed by atoms with Crippen LogP contribution < -0.4 is 0 Å². The first-order chi connectivity index (χ1) is 10.1. The molecule has 122 valence electrons. The summed E-state index contributed by atoms with van der Waals surface area (Å²) in [6.07, 6.45) is 23.0. The van der Waals surface area contributed by atoms with Crippen molar-refractivity contribution >= 4 is 0 Å². The minimum Gasteiger partial charge on any atom is -0.0599 e. The summed E-state index contributed by atoms with van der Waals surface area (Å²) in [4.78, 5) is 0. The van der Waals surface area contributed by atoms with E-state index in [2.05, 4.69) is 13.8 Å². The molecule has 3 unspecified atom stereocenters. The summed E-state index contributed by atoms with van der Waals surface area (Å²) >= 11 is 0. The van der Waals surface area contributed by atoms with Crippen LogP contribution in [0.25, 0.3) is 0 Å². The molecule has 0 saturated heterocycles. The first kappa shape index (κ1) is 15.9. The zero-order valence-electron chi connectivity index (χ0n) is 14.8. The van der Waals surface area contributed by atoms with E-state index in [1.165, 1.54) is 57.8 Å². The average molecular weight is 291 g/mol. The van der Waals surface area contributed by atoms with Gasteiger partial charge in [0.1, 0.15) is 0 Å². The maximum Gasteiger partial charge on any atom is -0.0292 e. The van der Waals surface area contributed by atoms with Gasteiger partial charge in [0.2, 0.25) is 0 Å². The summed E-state index contributed by atoms with van der Waals surface area (Å²) in [5, 5.41) is 0.